The lowest BCUT2D eigenvalue weighted by molar-refractivity contribution is -0.137. The maximum absolute atomic E-state index is 12.8. The van der Waals surface area contributed by atoms with Crippen LogP contribution in [0, 0.1) is 5.92 Å². The van der Waals surface area contributed by atoms with E-state index in [1.165, 1.54) is 6.07 Å². The zero-order chi connectivity index (χ0) is 14.5. The first kappa shape index (κ1) is 16.3. The van der Waals surface area contributed by atoms with E-state index >= 15 is 0 Å². The number of alkyl halides is 3. The predicted octanol–water partition coefficient (Wildman–Crippen LogP) is 4.55. The average molecular weight is 340 g/mol. The summed E-state index contributed by atoms with van der Waals surface area (Å²) in [7, 11) is 0. The summed E-state index contributed by atoms with van der Waals surface area (Å²) in [6.45, 7) is 5.37. The molecule has 0 fully saturated rings. The van der Waals surface area contributed by atoms with E-state index in [0.29, 0.717) is 30.1 Å². The first-order valence-corrected chi connectivity index (χ1v) is 6.78. The second-order valence-corrected chi connectivity index (χ2v) is 5.50. The molecule has 0 amide bonds. The summed E-state index contributed by atoms with van der Waals surface area (Å²) in [5, 5.41) is 2.75. The SMILES string of the molecule is CC(C)COCCNc1ccc(Br)cc1C(F)(F)F. The minimum atomic E-state index is -4.37. The maximum Gasteiger partial charge on any atom is 0.418 e. The van der Waals surface area contributed by atoms with Gasteiger partial charge in [-0.3, -0.25) is 0 Å². The first-order valence-electron chi connectivity index (χ1n) is 5.99. The molecule has 0 bridgehead atoms. The number of hydrogen-bond acceptors (Lipinski definition) is 2. The first-order chi connectivity index (χ1) is 8.80. The number of benzene rings is 1. The van der Waals surface area contributed by atoms with Crippen molar-refractivity contribution in [2.24, 2.45) is 5.92 Å². The number of anilines is 1. The Morgan fingerprint density at radius 2 is 2.00 bits per heavy atom. The Morgan fingerprint density at radius 3 is 2.58 bits per heavy atom. The Hall–Kier alpha value is -0.750. The summed E-state index contributed by atoms with van der Waals surface area (Å²) in [5.41, 5.74) is -0.602. The molecule has 0 heterocycles. The van der Waals surface area contributed by atoms with E-state index in [2.05, 4.69) is 21.2 Å². The van der Waals surface area contributed by atoms with Crippen LogP contribution in [0.5, 0.6) is 0 Å². The van der Waals surface area contributed by atoms with E-state index in [0.717, 1.165) is 6.07 Å². The van der Waals surface area contributed by atoms with Crippen LogP contribution in [0.15, 0.2) is 22.7 Å². The van der Waals surface area contributed by atoms with Gasteiger partial charge >= 0.3 is 6.18 Å². The lowest BCUT2D eigenvalue weighted by atomic mass is 10.1. The molecule has 1 N–H and O–H groups in total. The number of halogens is 4. The van der Waals surface area contributed by atoms with Gasteiger partial charge in [0.25, 0.3) is 0 Å². The summed E-state index contributed by atoms with van der Waals surface area (Å²) in [6, 6.07) is 4.05. The predicted molar refractivity (Wildman–Crippen MR) is 73.3 cm³/mol. The highest BCUT2D eigenvalue weighted by atomic mass is 79.9. The zero-order valence-electron chi connectivity index (χ0n) is 10.9. The Labute approximate surface area is 119 Å². The van der Waals surface area contributed by atoms with Gasteiger partial charge in [-0.05, 0) is 24.1 Å². The molecule has 0 aliphatic heterocycles. The van der Waals surface area contributed by atoms with Crippen molar-refractivity contribution < 1.29 is 17.9 Å². The fraction of sp³-hybridized carbons (Fsp3) is 0.538. The summed E-state index contributed by atoms with van der Waals surface area (Å²) in [5.74, 6) is 0.415. The third kappa shape index (κ3) is 5.82. The van der Waals surface area contributed by atoms with Crippen molar-refractivity contribution in [3.8, 4) is 0 Å². The second kappa shape index (κ2) is 7.14. The normalized spacial score (nSPS) is 11.9. The van der Waals surface area contributed by atoms with Crippen LogP contribution in [0.3, 0.4) is 0 Å². The molecule has 0 saturated heterocycles. The van der Waals surface area contributed by atoms with Gasteiger partial charge in [0, 0.05) is 23.3 Å². The van der Waals surface area contributed by atoms with E-state index in [1.54, 1.807) is 6.07 Å². The molecule has 0 atom stereocenters. The lowest BCUT2D eigenvalue weighted by Crippen LogP contribution is -2.15. The van der Waals surface area contributed by atoms with E-state index < -0.39 is 11.7 Å². The molecule has 1 aromatic rings. The van der Waals surface area contributed by atoms with Gasteiger partial charge in [-0.1, -0.05) is 29.8 Å². The molecule has 0 unspecified atom stereocenters. The topological polar surface area (TPSA) is 21.3 Å². The third-order valence-corrected chi connectivity index (χ3v) is 2.79. The quantitative estimate of drug-likeness (QED) is 0.767. The van der Waals surface area contributed by atoms with Crippen molar-refractivity contribution in [3.05, 3.63) is 28.2 Å². The molecular formula is C13H17BrF3NO. The van der Waals surface area contributed by atoms with Crippen molar-refractivity contribution in [2.45, 2.75) is 20.0 Å². The fourth-order valence-electron chi connectivity index (χ4n) is 1.48. The third-order valence-electron chi connectivity index (χ3n) is 2.30. The van der Waals surface area contributed by atoms with Gasteiger partial charge in [-0.2, -0.15) is 13.2 Å². The van der Waals surface area contributed by atoms with E-state index in [4.69, 9.17) is 4.74 Å². The van der Waals surface area contributed by atoms with Gasteiger partial charge in [0.05, 0.1) is 12.2 Å². The van der Waals surface area contributed by atoms with Crippen LogP contribution in [0.4, 0.5) is 18.9 Å². The maximum atomic E-state index is 12.8. The summed E-state index contributed by atoms with van der Waals surface area (Å²) < 4.78 is 44.2. The molecular weight excluding hydrogens is 323 g/mol. The molecule has 0 radical (unpaired) electrons. The van der Waals surface area contributed by atoms with Crippen LogP contribution in [0.2, 0.25) is 0 Å². The smallest absolute Gasteiger partial charge is 0.382 e. The molecule has 1 rings (SSSR count). The lowest BCUT2D eigenvalue weighted by Gasteiger charge is -2.15. The van der Waals surface area contributed by atoms with E-state index in [-0.39, 0.29) is 5.69 Å². The largest absolute Gasteiger partial charge is 0.418 e. The van der Waals surface area contributed by atoms with Crippen LogP contribution in [-0.2, 0) is 10.9 Å². The molecule has 0 aromatic heterocycles. The monoisotopic (exact) mass is 339 g/mol. The standard InChI is InChI=1S/C13H17BrF3NO/c1-9(2)8-19-6-5-18-12-4-3-10(14)7-11(12)13(15,16)17/h3-4,7,9,18H,5-6,8H2,1-2H3. The van der Waals surface area contributed by atoms with Crippen LogP contribution in [-0.4, -0.2) is 19.8 Å². The molecule has 0 spiro atoms. The summed E-state index contributed by atoms with van der Waals surface area (Å²) >= 11 is 3.05. The van der Waals surface area contributed by atoms with Crippen LogP contribution < -0.4 is 5.32 Å². The summed E-state index contributed by atoms with van der Waals surface area (Å²) in [6.07, 6.45) is -4.37. The Balaban J connectivity index is 2.58. The second-order valence-electron chi connectivity index (χ2n) is 4.58. The number of rotatable bonds is 6. The van der Waals surface area contributed by atoms with Crippen LogP contribution in [0.1, 0.15) is 19.4 Å². The van der Waals surface area contributed by atoms with Gasteiger partial charge in [-0.15, -0.1) is 0 Å². The molecule has 2 nitrogen and oxygen atoms in total. The molecule has 0 aliphatic carbocycles. The molecule has 6 heteroatoms. The van der Waals surface area contributed by atoms with Crippen molar-refractivity contribution in [2.75, 3.05) is 25.1 Å². The highest BCUT2D eigenvalue weighted by molar-refractivity contribution is 9.10. The van der Waals surface area contributed by atoms with E-state index in [1.807, 2.05) is 13.8 Å². The average Bonchev–Trinajstić information content (AvgIpc) is 2.28. The van der Waals surface area contributed by atoms with Gasteiger partial charge in [0.2, 0.25) is 0 Å². The Morgan fingerprint density at radius 1 is 1.32 bits per heavy atom. The van der Waals surface area contributed by atoms with E-state index in [9.17, 15) is 13.2 Å². The molecule has 0 aliphatic rings. The highest BCUT2D eigenvalue weighted by Crippen LogP contribution is 2.36. The van der Waals surface area contributed by atoms with Gasteiger partial charge in [-0.25, -0.2) is 0 Å². The van der Waals surface area contributed by atoms with Crippen LogP contribution >= 0.6 is 15.9 Å². The molecule has 19 heavy (non-hydrogen) atoms. The Kier molecular flexibility index (Phi) is 6.13. The van der Waals surface area contributed by atoms with Crippen molar-refractivity contribution in [3.63, 3.8) is 0 Å². The van der Waals surface area contributed by atoms with Gasteiger partial charge in [0.15, 0.2) is 0 Å². The Bertz CT molecular complexity index is 407. The minimum Gasteiger partial charge on any atom is -0.382 e. The number of hydrogen-bond donors (Lipinski definition) is 1. The zero-order valence-corrected chi connectivity index (χ0v) is 12.4. The van der Waals surface area contributed by atoms with Crippen LogP contribution in [0.25, 0.3) is 0 Å². The van der Waals surface area contributed by atoms with Crippen molar-refractivity contribution >= 4 is 21.6 Å². The molecule has 1 aromatic carbocycles. The molecule has 108 valence electrons. The van der Waals surface area contributed by atoms with Crippen molar-refractivity contribution in [1.82, 2.24) is 0 Å². The van der Waals surface area contributed by atoms with Gasteiger partial charge in [0.1, 0.15) is 0 Å². The fourth-order valence-corrected chi connectivity index (χ4v) is 1.84. The van der Waals surface area contributed by atoms with Crippen molar-refractivity contribution in [1.29, 1.82) is 0 Å². The number of ether oxygens (including phenoxy) is 1. The molecule has 0 saturated carbocycles. The highest BCUT2D eigenvalue weighted by Gasteiger charge is 2.33. The summed E-state index contributed by atoms with van der Waals surface area (Å²) in [4.78, 5) is 0. The van der Waals surface area contributed by atoms with Gasteiger partial charge < -0.3 is 10.1 Å². The number of nitrogens with one attached hydrogen (secondary N) is 1. The minimum absolute atomic E-state index is 0.0730.